The van der Waals surface area contributed by atoms with Crippen molar-refractivity contribution in [2.45, 2.75) is 0 Å². The average molecular weight is 341 g/mol. The first-order chi connectivity index (χ1) is 11.5. The van der Waals surface area contributed by atoms with Crippen LogP contribution in [0.25, 0.3) is 16.6 Å². The molecule has 0 atom stereocenters. The third kappa shape index (κ3) is 1.92. The number of carbonyl (C=O) groups excluding carboxylic acids is 2. The highest BCUT2D eigenvalue weighted by atomic mass is 35.5. The zero-order valence-corrected chi connectivity index (χ0v) is 12.8. The lowest BCUT2D eigenvalue weighted by Crippen LogP contribution is -2.24. The Morgan fingerprint density at radius 3 is 2.71 bits per heavy atom. The maximum atomic E-state index is 12.4. The molecule has 3 heterocycles. The van der Waals surface area contributed by atoms with Crippen LogP contribution >= 0.6 is 11.6 Å². The Morgan fingerprint density at radius 1 is 1.12 bits per heavy atom. The highest BCUT2D eigenvalue weighted by Gasteiger charge is 2.31. The summed E-state index contributed by atoms with van der Waals surface area (Å²) in [6.07, 6.45) is 1.61. The minimum atomic E-state index is -0.633. The Labute approximate surface area is 139 Å². The first-order valence-electron chi connectivity index (χ1n) is 6.93. The van der Waals surface area contributed by atoms with Crippen LogP contribution in [0.5, 0.6) is 0 Å². The van der Waals surface area contributed by atoms with Crippen molar-refractivity contribution in [1.29, 1.82) is 0 Å². The van der Waals surface area contributed by atoms with E-state index in [9.17, 15) is 14.4 Å². The molecule has 0 unspecified atom stereocenters. The molecule has 1 aromatic carbocycles. The van der Waals surface area contributed by atoms with E-state index in [1.807, 2.05) is 0 Å². The van der Waals surface area contributed by atoms with Gasteiger partial charge in [-0.25, -0.2) is 0 Å². The summed E-state index contributed by atoms with van der Waals surface area (Å²) in [5.41, 5.74) is 6.41. The number of rotatable bonds is 1. The normalized spacial score (nSPS) is 13.2. The lowest BCUT2D eigenvalue weighted by Gasteiger charge is -2.13. The van der Waals surface area contributed by atoms with Gasteiger partial charge in [0.05, 0.1) is 27.4 Å². The van der Waals surface area contributed by atoms with Crippen LogP contribution in [0, 0.1) is 0 Å². The number of halogens is 1. The van der Waals surface area contributed by atoms with Crippen LogP contribution in [0.2, 0.25) is 5.02 Å². The molecule has 4 rings (SSSR count). The number of benzene rings is 1. The second-order valence-corrected chi connectivity index (χ2v) is 5.69. The predicted octanol–water partition coefficient (Wildman–Crippen LogP) is 1.50. The van der Waals surface area contributed by atoms with Crippen molar-refractivity contribution in [1.82, 2.24) is 14.9 Å². The van der Waals surface area contributed by atoms with E-state index >= 15 is 0 Å². The molecule has 3 N–H and O–H groups in total. The van der Waals surface area contributed by atoms with Crippen molar-refractivity contribution in [3.63, 3.8) is 0 Å². The molecule has 7 nitrogen and oxygen atoms in total. The van der Waals surface area contributed by atoms with Gasteiger partial charge in [0.1, 0.15) is 5.82 Å². The van der Waals surface area contributed by atoms with Crippen LogP contribution in [-0.2, 0) is 0 Å². The van der Waals surface area contributed by atoms with E-state index in [-0.39, 0.29) is 16.9 Å². The van der Waals surface area contributed by atoms with Gasteiger partial charge >= 0.3 is 0 Å². The van der Waals surface area contributed by atoms with Crippen LogP contribution in [0.3, 0.4) is 0 Å². The van der Waals surface area contributed by atoms with E-state index in [0.717, 1.165) is 10.6 Å². The summed E-state index contributed by atoms with van der Waals surface area (Å²) in [6.45, 7) is 0. The van der Waals surface area contributed by atoms with Crippen LogP contribution in [0.15, 0.2) is 41.3 Å². The maximum absolute atomic E-state index is 12.4. The van der Waals surface area contributed by atoms with Gasteiger partial charge in [-0.2, -0.15) is 0 Å². The number of nitrogens with zero attached hydrogens (tertiary/aromatic N) is 2. The molecule has 118 valence electrons. The highest BCUT2D eigenvalue weighted by molar-refractivity contribution is 6.35. The second kappa shape index (κ2) is 4.90. The number of nitrogen functional groups attached to an aromatic ring is 1. The maximum Gasteiger partial charge on any atom is 0.262 e. The topological polar surface area (TPSA) is 107 Å². The third-order valence-electron chi connectivity index (χ3n) is 3.85. The molecule has 2 aromatic heterocycles. The van der Waals surface area contributed by atoms with Gasteiger partial charge in [0.15, 0.2) is 0 Å². The summed E-state index contributed by atoms with van der Waals surface area (Å²) < 4.78 is 1.15. The smallest absolute Gasteiger partial charge is 0.262 e. The molecule has 1 aliphatic heterocycles. The summed E-state index contributed by atoms with van der Waals surface area (Å²) in [6, 6.07) is 7.85. The summed E-state index contributed by atoms with van der Waals surface area (Å²) in [4.78, 5) is 40.2. The van der Waals surface area contributed by atoms with E-state index in [0.29, 0.717) is 21.6 Å². The summed E-state index contributed by atoms with van der Waals surface area (Å²) in [7, 11) is 0. The van der Waals surface area contributed by atoms with Crippen molar-refractivity contribution in [2.24, 2.45) is 0 Å². The van der Waals surface area contributed by atoms with Crippen LogP contribution < -0.4 is 16.6 Å². The summed E-state index contributed by atoms with van der Waals surface area (Å²) in [5.74, 6) is -1.37. The minimum Gasteiger partial charge on any atom is -0.384 e. The van der Waals surface area contributed by atoms with Gasteiger partial charge in [-0.05, 0) is 18.2 Å². The molecule has 0 saturated carbocycles. The molecule has 0 bridgehead atoms. The molecule has 8 heteroatoms. The van der Waals surface area contributed by atoms with Crippen molar-refractivity contribution in [3.05, 3.63) is 63.0 Å². The average Bonchev–Trinajstić information content (AvgIpc) is 2.82. The molecule has 0 saturated heterocycles. The van der Waals surface area contributed by atoms with Gasteiger partial charge in [-0.1, -0.05) is 17.7 Å². The molecular weight excluding hydrogens is 332 g/mol. The number of anilines is 1. The number of imide groups is 1. The Hall–Kier alpha value is -3.19. The molecule has 0 fully saturated rings. The van der Waals surface area contributed by atoms with Crippen LogP contribution in [0.4, 0.5) is 5.82 Å². The van der Waals surface area contributed by atoms with Gasteiger partial charge in [0, 0.05) is 17.6 Å². The molecule has 0 spiro atoms. The van der Waals surface area contributed by atoms with E-state index in [1.165, 1.54) is 6.07 Å². The highest BCUT2D eigenvalue weighted by Crippen LogP contribution is 2.28. The van der Waals surface area contributed by atoms with Crippen LogP contribution in [0.1, 0.15) is 20.7 Å². The fourth-order valence-electron chi connectivity index (χ4n) is 2.81. The molecule has 0 aliphatic carbocycles. The van der Waals surface area contributed by atoms with Gasteiger partial charge in [-0.15, -0.1) is 0 Å². The quantitative estimate of drug-likeness (QED) is 0.653. The number of aromatic nitrogens is 2. The molecular formula is C16H9ClN4O3. The Morgan fingerprint density at radius 2 is 1.92 bits per heavy atom. The van der Waals surface area contributed by atoms with Gasteiger partial charge < -0.3 is 5.73 Å². The standard InChI is InChI=1S/C16H9ClN4O3/c17-10-5-8(4-7-2-1-3-19-13(7)10)21-11(22)6-9-12(14(21)18)16(24)20-15(9)23/h1-6H,18H2,(H,20,23,24). The zero-order chi connectivity index (χ0) is 17.0. The largest absolute Gasteiger partial charge is 0.384 e. The summed E-state index contributed by atoms with van der Waals surface area (Å²) >= 11 is 6.23. The number of pyridine rings is 2. The number of hydrogen-bond acceptors (Lipinski definition) is 5. The number of nitrogens with two attached hydrogens (primary N) is 1. The molecule has 0 radical (unpaired) electrons. The number of fused-ring (bicyclic) bond motifs is 2. The van der Waals surface area contributed by atoms with Crippen molar-refractivity contribution in [3.8, 4) is 5.69 Å². The summed E-state index contributed by atoms with van der Waals surface area (Å²) in [5, 5.41) is 3.18. The first-order valence-corrected chi connectivity index (χ1v) is 7.31. The van der Waals surface area contributed by atoms with Crippen LogP contribution in [-0.4, -0.2) is 21.4 Å². The van der Waals surface area contributed by atoms with E-state index in [1.54, 1.807) is 24.4 Å². The number of carbonyl (C=O) groups is 2. The Kier molecular flexibility index (Phi) is 2.94. The number of nitrogens with one attached hydrogen (secondary N) is 1. The van der Waals surface area contributed by atoms with Gasteiger partial charge in [0.2, 0.25) is 0 Å². The molecule has 2 amide bonds. The number of amides is 2. The van der Waals surface area contributed by atoms with Crippen molar-refractivity contribution >= 4 is 40.1 Å². The molecule has 3 aromatic rings. The van der Waals surface area contributed by atoms with Gasteiger partial charge in [-0.3, -0.25) is 29.3 Å². The molecule has 24 heavy (non-hydrogen) atoms. The Balaban J connectivity index is 2.05. The fourth-order valence-corrected chi connectivity index (χ4v) is 3.08. The zero-order valence-electron chi connectivity index (χ0n) is 12.0. The minimum absolute atomic E-state index is 0.0120. The lowest BCUT2D eigenvalue weighted by molar-refractivity contribution is 0.0880. The predicted molar refractivity (Wildman–Crippen MR) is 88.6 cm³/mol. The fraction of sp³-hybridized carbons (Fsp3) is 0. The van der Waals surface area contributed by atoms with Gasteiger partial charge in [0.25, 0.3) is 17.4 Å². The Bertz CT molecular complexity index is 1120. The van der Waals surface area contributed by atoms with E-state index < -0.39 is 17.4 Å². The van der Waals surface area contributed by atoms with E-state index in [2.05, 4.69) is 10.3 Å². The van der Waals surface area contributed by atoms with Crippen molar-refractivity contribution < 1.29 is 9.59 Å². The van der Waals surface area contributed by atoms with E-state index in [4.69, 9.17) is 17.3 Å². The monoisotopic (exact) mass is 340 g/mol. The number of hydrogen-bond donors (Lipinski definition) is 2. The lowest BCUT2D eigenvalue weighted by atomic mass is 10.1. The van der Waals surface area contributed by atoms with Crippen molar-refractivity contribution in [2.75, 3.05) is 5.73 Å². The molecule has 1 aliphatic rings. The first kappa shape index (κ1) is 14.4. The second-order valence-electron chi connectivity index (χ2n) is 5.28. The SMILES string of the molecule is Nc1c2c(cc(=O)n1-c1cc(Cl)c3ncccc3c1)C(=O)NC2=O. The third-order valence-corrected chi connectivity index (χ3v) is 4.14.